The molecular formula is C14H15N5O6. The van der Waals surface area contributed by atoms with Crippen LogP contribution in [0.1, 0.15) is 17.3 Å². The number of nitro groups is 1. The molecule has 2 rings (SSSR count). The van der Waals surface area contributed by atoms with Gasteiger partial charge in [-0.15, -0.1) is 0 Å². The Labute approximate surface area is 141 Å². The number of rotatable bonds is 7. The molecule has 0 saturated carbocycles. The molecule has 1 unspecified atom stereocenters. The summed E-state index contributed by atoms with van der Waals surface area (Å²) >= 11 is 0. The molecule has 2 aromatic rings. The molecule has 0 fully saturated rings. The van der Waals surface area contributed by atoms with Crippen LogP contribution in [0.5, 0.6) is 0 Å². The van der Waals surface area contributed by atoms with Gasteiger partial charge in [-0.3, -0.25) is 14.9 Å². The normalized spacial score (nSPS) is 13.0. The largest absolute Gasteiger partial charge is 0.479 e. The third kappa shape index (κ3) is 3.77. The summed E-state index contributed by atoms with van der Waals surface area (Å²) < 4.78 is 6.00. The third-order valence-corrected chi connectivity index (χ3v) is 3.39. The van der Waals surface area contributed by atoms with E-state index in [-0.39, 0.29) is 23.5 Å². The second-order valence-corrected chi connectivity index (χ2v) is 5.33. The Bertz CT molecular complexity index is 806. The number of methoxy groups -OCH3 is 1. The zero-order chi connectivity index (χ0) is 18.6. The number of ether oxygens (including phenoxy) is 1. The van der Waals surface area contributed by atoms with Crippen molar-refractivity contribution in [3.63, 3.8) is 0 Å². The van der Waals surface area contributed by atoms with Crippen molar-refractivity contribution in [2.75, 3.05) is 13.7 Å². The topological polar surface area (TPSA) is 149 Å². The van der Waals surface area contributed by atoms with Crippen molar-refractivity contribution in [2.45, 2.75) is 12.5 Å². The predicted molar refractivity (Wildman–Crippen MR) is 83.4 cm³/mol. The summed E-state index contributed by atoms with van der Waals surface area (Å²) in [5.74, 6) is -2.08. The minimum absolute atomic E-state index is 0.0702. The Kier molecular flexibility index (Phi) is 5.08. The number of hydrogen-bond acceptors (Lipinski definition) is 7. The molecule has 0 aliphatic carbocycles. The Morgan fingerprint density at radius 3 is 2.72 bits per heavy atom. The van der Waals surface area contributed by atoms with Crippen molar-refractivity contribution in [3.8, 4) is 5.69 Å². The maximum absolute atomic E-state index is 12.3. The number of nitro benzene ring substituents is 1. The number of carboxylic acids is 1. The molecule has 11 nitrogen and oxygen atoms in total. The highest BCUT2D eigenvalue weighted by atomic mass is 16.6. The molecule has 1 amide bonds. The molecular weight excluding hydrogens is 334 g/mol. The molecule has 2 N–H and O–H groups in total. The number of carbonyl (C=O) groups is 2. The lowest BCUT2D eigenvalue weighted by atomic mass is 10.0. The van der Waals surface area contributed by atoms with E-state index in [9.17, 15) is 24.8 Å². The molecule has 0 spiro atoms. The Hall–Kier alpha value is -3.34. The first-order chi connectivity index (χ1) is 11.8. The zero-order valence-electron chi connectivity index (χ0n) is 13.4. The number of aromatic nitrogens is 3. The summed E-state index contributed by atoms with van der Waals surface area (Å²) in [5, 5.41) is 26.7. The lowest BCUT2D eigenvalue weighted by Gasteiger charge is -2.25. The SMILES string of the molecule is COCC(C)(NC(=O)c1ccc(-n2cncn2)c([N+](=O)[O-])c1)C(=O)O. The van der Waals surface area contributed by atoms with E-state index in [1.54, 1.807) is 0 Å². The van der Waals surface area contributed by atoms with Gasteiger partial charge in [0.05, 0.1) is 11.5 Å². The fourth-order valence-corrected chi connectivity index (χ4v) is 2.10. The number of nitrogens with zero attached hydrogens (tertiary/aromatic N) is 4. The van der Waals surface area contributed by atoms with Crippen LogP contribution in [0.2, 0.25) is 0 Å². The van der Waals surface area contributed by atoms with Crippen molar-refractivity contribution >= 4 is 17.6 Å². The molecule has 1 aromatic heterocycles. The van der Waals surface area contributed by atoms with E-state index in [0.717, 1.165) is 6.07 Å². The van der Waals surface area contributed by atoms with Gasteiger partial charge in [-0.25, -0.2) is 14.5 Å². The van der Waals surface area contributed by atoms with Crippen LogP contribution in [0, 0.1) is 10.1 Å². The number of carboxylic acid groups (broad SMARTS) is 1. The first-order valence-corrected chi connectivity index (χ1v) is 6.97. The van der Waals surface area contributed by atoms with Gasteiger partial charge in [0.1, 0.15) is 18.3 Å². The van der Waals surface area contributed by atoms with Crippen molar-refractivity contribution < 1.29 is 24.4 Å². The van der Waals surface area contributed by atoms with Crippen LogP contribution in [-0.4, -0.2) is 55.9 Å². The van der Waals surface area contributed by atoms with Gasteiger partial charge in [-0.05, 0) is 19.1 Å². The standard InChI is InChI=1S/C14H15N5O6/c1-14(6-25-2,13(21)22)17-12(20)9-3-4-10(11(5-9)19(23)24)18-8-15-7-16-18/h3-5,7-8H,6H2,1-2H3,(H,17,20)(H,21,22). The third-order valence-electron chi connectivity index (χ3n) is 3.39. The smallest absolute Gasteiger partial charge is 0.331 e. The number of nitrogens with one attached hydrogen (secondary N) is 1. The van der Waals surface area contributed by atoms with Crippen LogP contribution < -0.4 is 5.32 Å². The van der Waals surface area contributed by atoms with Crippen molar-refractivity contribution in [3.05, 3.63) is 46.5 Å². The quantitative estimate of drug-likeness (QED) is 0.538. The summed E-state index contributed by atoms with van der Waals surface area (Å²) in [6.45, 7) is 1.00. The van der Waals surface area contributed by atoms with Crippen LogP contribution >= 0.6 is 0 Å². The average Bonchev–Trinajstić information content (AvgIpc) is 3.08. The van der Waals surface area contributed by atoms with Crippen LogP contribution in [0.15, 0.2) is 30.9 Å². The highest BCUT2D eigenvalue weighted by Crippen LogP contribution is 2.23. The minimum atomic E-state index is -1.68. The molecule has 0 radical (unpaired) electrons. The molecule has 1 heterocycles. The Morgan fingerprint density at radius 2 is 2.20 bits per heavy atom. The Morgan fingerprint density at radius 1 is 1.48 bits per heavy atom. The van der Waals surface area contributed by atoms with Gasteiger partial charge in [0.2, 0.25) is 0 Å². The van der Waals surface area contributed by atoms with E-state index in [4.69, 9.17) is 4.74 Å². The second kappa shape index (κ2) is 7.05. The summed E-state index contributed by atoms with van der Waals surface area (Å²) in [6.07, 6.45) is 2.50. The summed E-state index contributed by atoms with van der Waals surface area (Å²) in [4.78, 5) is 38.0. The molecule has 0 saturated heterocycles. The van der Waals surface area contributed by atoms with Crippen LogP contribution in [0.25, 0.3) is 5.69 Å². The van der Waals surface area contributed by atoms with Crippen molar-refractivity contribution in [2.24, 2.45) is 0 Å². The van der Waals surface area contributed by atoms with Crippen molar-refractivity contribution in [1.82, 2.24) is 20.1 Å². The average molecular weight is 349 g/mol. The molecule has 0 aliphatic rings. The van der Waals surface area contributed by atoms with Gasteiger partial charge in [0.25, 0.3) is 11.6 Å². The van der Waals surface area contributed by atoms with Crippen LogP contribution in [0.3, 0.4) is 0 Å². The number of aliphatic carboxylic acids is 1. The highest BCUT2D eigenvalue weighted by Gasteiger charge is 2.35. The van der Waals surface area contributed by atoms with Gasteiger partial charge in [-0.1, -0.05) is 0 Å². The maximum Gasteiger partial charge on any atom is 0.331 e. The monoisotopic (exact) mass is 349 g/mol. The van der Waals surface area contributed by atoms with E-state index in [2.05, 4.69) is 15.4 Å². The maximum atomic E-state index is 12.3. The summed E-state index contributed by atoms with van der Waals surface area (Å²) in [6, 6.07) is 3.70. The van der Waals surface area contributed by atoms with Gasteiger partial charge < -0.3 is 15.2 Å². The van der Waals surface area contributed by atoms with E-state index in [0.29, 0.717) is 0 Å². The predicted octanol–water partition coefficient (Wildman–Crippen LogP) is 0.395. The molecule has 132 valence electrons. The molecule has 0 bridgehead atoms. The minimum Gasteiger partial charge on any atom is -0.479 e. The molecule has 1 atom stereocenters. The molecule has 0 aliphatic heterocycles. The van der Waals surface area contributed by atoms with Crippen LogP contribution in [0.4, 0.5) is 5.69 Å². The number of amides is 1. The molecule has 1 aromatic carbocycles. The first kappa shape index (κ1) is 18.0. The first-order valence-electron chi connectivity index (χ1n) is 6.97. The number of hydrogen-bond donors (Lipinski definition) is 2. The molecule has 11 heteroatoms. The van der Waals surface area contributed by atoms with Gasteiger partial charge in [0, 0.05) is 18.7 Å². The zero-order valence-corrected chi connectivity index (χ0v) is 13.4. The molecule has 25 heavy (non-hydrogen) atoms. The van der Waals surface area contributed by atoms with E-state index in [1.807, 2.05) is 0 Å². The number of carbonyl (C=O) groups excluding carboxylic acids is 1. The lowest BCUT2D eigenvalue weighted by Crippen LogP contribution is -2.55. The second-order valence-electron chi connectivity index (χ2n) is 5.33. The van der Waals surface area contributed by atoms with Gasteiger partial charge >= 0.3 is 5.97 Å². The van der Waals surface area contributed by atoms with E-state index < -0.39 is 22.3 Å². The van der Waals surface area contributed by atoms with E-state index in [1.165, 1.54) is 43.5 Å². The van der Waals surface area contributed by atoms with E-state index >= 15 is 0 Å². The van der Waals surface area contributed by atoms with Crippen molar-refractivity contribution in [1.29, 1.82) is 0 Å². The Balaban J connectivity index is 2.36. The fraction of sp³-hybridized carbons (Fsp3) is 0.286. The number of benzene rings is 1. The summed E-state index contributed by atoms with van der Waals surface area (Å²) in [5.41, 5.74) is -2.00. The fourth-order valence-electron chi connectivity index (χ4n) is 2.10. The highest BCUT2D eigenvalue weighted by molar-refractivity contribution is 5.98. The van der Waals surface area contributed by atoms with Crippen LogP contribution in [-0.2, 0) is 9.53 Å². The van der Waals surface area contributed by atoms with Gasteiger partial charge in [0.15, 0.2) is 5.54 Å². The summed E-state index contributed by atoms with van der Waals surface area (Å²) in [7, 11) is 1.30. The van der Waals surface area contributed by atoms with Gasteiger partial charge in [-0.2, -0.15) is 5.10 Å². The lowest BCUT2D eigenvalue weighted by molar-refractivity contribution is -0.384.